The fourth-order valence-electron chi connectivity index (χ4n) is 2.16. The van der Waals surface area contributed by atoms with Gasteiger partial charge in [0.1, 0.15) is 11.8 Å². The van der Waals surface area contributed by atoms with Gasteiger partial charge in [0.25, 0.3) is 0 Å². The molecule has 0 saturated heterocycles. The van der Waals surface area contributed by atoms with Gasteiger partial charge in [0.15, 0.2) is 0 Å². The molecule has 0 aliphatic rings. The van der Waals surface area contributed by atoms with Crippen molar-refractivity contribution >= 4 is 16.0 Å². The molecule has 2 rings (SSSR count). The first-order valence-electron chi connectivity index (χ1n) is 7.26. The molecule has 0 aliphatic carbocycles. The van der Waals surface area contributed by atoms with E-state index in [9.17, 15) is 18.3 Å². The van der Waals surface area contributed by atoms with Crippen molar-refractivity contribution in [3.63, 3.8) is 0 Å². The third-order valence-electron chi connectivity index (χ3n) is 3.49. The molecule has 0 unspecified atom stereocenters. The van der Waals surface area contributed by atoms with Crippen molar-refractivity contribution in [1.29, 1.82) is 0 Å². The highest BCUT2D eigenvalue weighted by molar-refractivity contribution is 7.89. The lowest BCUT2D eigenvalue weighted by Crippen LogP contribution is -2.42. The van der Waals surface area contributed by atoms with Crippen LogP contribution in [0.2, 0.25) is 0 Å². The highest BCUT2D eigenvalue weighted by Crippen LogP contribution is 2.15. The van der Waals surface area contributed by atoms with E-state index in [1.54, 1.807) is 24.3 Å². The Balaban J connectivity index is 2.23. The highest BCUT2D eigenvalue weighted by atomic mass is 32.2. The molecule has 0 saturated carbocycles. The second-order valence-electron chi connectivity index (χ2n) is 5.38. The highest BCUT2D eigenvalue weighted by Gasteiger charge is 2.26. The zero-order valence-electron chi connectivity index (χ0n) is 13.4. The van der Waals surface area contributed by atoms with E-state index >= 15 is 0 Å². The lowest BCUT2D eigenvalue weighted by Gasteiger charge is -2.17. The molecule has 128 valence electrons. The zero-order valence-corrected chi connectivity index (χ0v) is 14.2. The molecule has 0 aromatic heterocycles. The Morgan fingerprint density at radius 3 is 2.25 bits per heavy atom. The summed E-state index contributed by atoms with van der Waals surface area (Å²) in [6.07, 6.45) is 0.109. The molecule has 2 aromatic carbocycles. The Morgan fingerprint density at radius 1 is 1.12 bits per heavy atom. The average Bonchev–Trinajstić information content (AvgIpc) is 2.55. The van der Waals surface area contributed by atoms with Crippen LogP contribution < -0.4 is 4.72 Å². The van der Waals surface area contributed by atoms with Crippen LogP contribution in [-0.2, 0) is 26.0 Å². The van der Waals surface area contributed by atoms with E-state index < -0.39 is 22.0 Å². The summed E-state index contributed by atoms with van der Waals surface area (Å²) in [6, 6.07) is 11.4. The Kier molecular flexibility index (Phi) is 5.58. The van der Waals surface area contributed by atoms with Crippen LogP contribution in [0.3, 0.4) is 0 Å². The first-order valence-corrected chi connectivity index (χ1v) is 8.75. The summed E-state index contributed by atoms with van der Waals surface area (Å²) in [5, 5.41) is 9.30. The summed E-state index contributed by atoms with van der Waals surface area (Å²) in [5.41, 5.74) is 1.62. The molecule has 24 heavy (non-hydrogen) atoms. The molecular formula is C17H19NO5S. The fraction of sp³-hybridized carbons (Fsp3) is 0.235. The Bertz CT molecular complexity index is 798. The van der Waals surface area contributed by atoms with E-state index in [1.165, 1.54) is 31.4 Å². The van der Waals surface area contributed by atoms with Crippen LogP contribution in [0.25, 0.3) is 0 Å². The molecule has 2 N–H and O–H groups in total. The van der Waals surface area contributed by atoms with Crippen molar-refractivity contribution in [2.75, 3.05) is 7.11 Å². The van der Waals surface area contributed by atoms with Crippen LogP contribution in [0.1, 0.15) is 11.1 Å². The molecule has 0 aliphatic heterocycles. The summed E-state index contributed by atoms with van der Waals surface area (Å²) in [6.45, 7) is 1.85. The number of hydrogen-bond donors (Lipinski definition) is 2. The number of benzene rings is 2. The molecular weight excluding hydrogens is 330 g/mol. The summed E-state index contributed by atoms with van der Waals surface area (Å²) in [5.74, 6) is -0.590. The number of rotatable bonds is 6. The maximum absolute atomic E-state index is 12.5. The molecule has 0 fully saturated rings. The van der Waals surface area contributed by atoms with Crippen molar-refractivity contribution in [3.05, 3.63) is 59.7 Å². The van der Waals surface area contributed by atoms with Gasteiger partial charge in [-0.15, -0.1) is 0 Å². The van der Waals surface area contributed by atoms with Gasteiger partial charge in [-0.1, -0.05) is 29.8 Å². The third-order valence-corrected chi connectivity index (χ3v) is 4.98. The molecule has 0 bridgehead atoms. The third kappa shape index (κ3) is 4.56. The van der Waals surface area contributed by atoms with Gasteiger partial charge >= 0.3 is 5.97 Å². The molecule has 6 nitrogen and oxygen atoms in total. The second kappa shape index (κ2) is 7.46. The number of nitrogens with one attached hydrogen (secondary N) is 1. The summed E-state index contributed by atoms with van der Waals surface area (Å²) < 4.78 is 32.0. The maximum atomic E-state index is 12.5. The van der Waals surface area contributed by atoms with Crippen molar-refractivity contribution in [1.82, 2.24) is 4.72 Å². The quantitative estimate of drug-likeness (QED) is 0.775. The number of carbonyl (C=O) groups is 1. The van der Waals surface area contributed by atoms with E-state index in [2.05, 4.69) is 4.72 Å². The van der Waals surface area contributed by atoms with E-state index in [-0.39, 0.29) is 17.1 Å². The zero-order chi connectivity index (χ0) is 17.7. The smallest absolute Gasteiger partial charge is 0.324 e. The number of esters is 1. The molecule has 0 amide bonds. The van der Waals surface area contributed by atoms with Crippen LogP contribution in [0, 0.1) is 6.92 Å². The van der Waals surface area contributed by atoms with Gasteiger partial charge in [0.05, 0.1) is 12.0 Å². The number of phenolic OH excluding ortho intramolecular Hbond substituents is 1. The molecule has 0 radical (unpaired) electrons. The normalized spacial score (nSPS) is 12.6. The van der Waals surface area contributed by atoms with E-state index in [4.69, 9.17) is 4.74 Å². The predicted molar refractivity (Wildman–Crippen MR) is 89.1 cm³/mol. The number of hydrogen-bond acceptors (Lipinski definition) is 5. The standard InChI is InChI=1S/C17H19NO5S/c1-12-3-9-15(10-4-12)24(21,22)18-16(17(20)23-2)11-13-5-7-14(19)8-6-13/h3-10,16,18-19H,11H2,1-2H3/t16-/m0/s1. The first-order chi connectivity index (χ1) is 11.3. The second-order valence-corrected chi connectivity index (χ2v) is 7.09. The van der Waals surface area contributed by atoms with Gasteiger partial charge in [-0.3, -0.25) is 4.79 Å². The molecule has 7 heteroatoms. The summed E-state index contributed by atoms with van der Waals surface area (Å²) in [4.78, 5) is 12.0. The number of sulfonamides is 1. The summed E-state index contributed by atoms with van der Waals surface area (Å²) in [7, 11) is -2.66. The van der Waals surface area contributed by atoms with Crippen LogP contribution in [0.4, 0.5) is 0 Å². The predicted octanol–water partition coefficient (Wildman–Crippen LogP) is 1.76. The number of ether oxygens (including phenoxy) is 1. The minimum Gasteiger partial charge on any atom is -0.508 e. The minimum atomic E-state index is -3.86. The van der Waals surface area contributed by atoms with Gasteiger partial charge < -0.3 is 9.84 Å². The molecule has 0 heterocycles. The van der Waals surface area contributed by atoms with Crippen molar-refractivity contribution < 1.29 is 23.1 Å². The summed E-state index contributed by atoms with van der Waals surface area (Å²) >= 11 is 0. The van der Waals surface area contributed by atoms with E-state index in [1.807, 2.05) is 6.92 Å². The van der Waals surface area contributed by atoms with E-state index in [0.717, 1.165) is 5.56 Å². The largest absolute Gasteiger partial charge is 0.508 e. The van der Waals surface area contributed by atoms with E-state index in [0.29, 0.717) is 5.56 Å². The number of aryl methyl sites for hydroxylation is 1. The SMILES string of the molecule is COC(=O)[C@H](Cc1ccc(O)cc1)NS(=O)(=O)c1ccc(C)cc1. The fourth-order valence-corrected chi connectivity index (χ4v) is 3.34. The monoisotopic (exact) mass is 349 g/mol. The Morgan fingerprint density at radius 2 is 1.71 bits per heavy atom. The maximum Gasteiger partial charge on any atom is 0.324 e. The van der Waals surface area contributed by atoms with Crippen LogP contribution in [0.15, 0.2) is 53.4 Å². The van der Waals surface area contributed by atoms with Crippen molar-refractivity contribution in [3.8, 4) is 5.75 Å². The Hall–Kier alpha value is -2.38. The lowest BCUT2D eigenvalue weighted by atomic mass is 10.1. The molecule has 2 aromatic rings. The number of aromatic hydroxyl groups is 1. The van der Waals surface area contributed by atoms with Gasteiger partial charge in [0.2, 0.25) is 10.0 Å². The lowest BCUT2D eigenvalue weighted by molar-refractivity contribution is -0.142. The van der Waals surface area contributed by atoms with Crippen molar-refractivity contribution in [2.24, 2.45) is 0 Å². The van der Waals surface area contributed by atoms with Gasteiger partial charge in [-0.2, -0.15) is 4.72 Å². The topological polar surface area (TPSA) is 92.7 Å². The molecule has 0 spiro atoms. The number of phenols is 1. The van der Waals surface area contributed by atoms with Crippen molar-refractivity contribution in [2.45, 2.75) is 24.3 Å². The number of methoxy groups -OCH3 is 1. The van der Waals surface area contributed by atoms with Gasteiger partial charge in [-0.05, 0) is 43.2 Å². The average molecular weight is 349 g/mol. The van der Waals surface area contributed by atoms with Crippen LogP contribution in [0.5, 0.6) is 5.75 Å². The van der Waals surface area contributed by atoms with Crippen LogP contribution >= 0.6 is 0 Å². The number of carbonyl (C=O) groups excluding carboxylic acids is 1. The minimum absolute atomic E-state index is 0.0766. The van der Waals surface area contributed by atoms with Gasteiger partial charge in [-0.25, -0.2) is 8.42 Å². The van der Waals surface area contributed by atoms with Crippen LogP contribution in [-0.4, -0.2) is 32.6 Å². The first kappa shape index (κ1) is 18.0. The Labute approximate surface area is 141 Å². The van der Waals surface area contributed by atoms with Gasteiger partial charge in [0, 0.05) is 0 Å². The molecule has 1 atom stereocenters.